The molecule has 9 heteroatoms. The molecule has 2 aromatic heterocycles. The molecular weight excluding hydrogens is 369 g/mol. The highest BCUT2D eigenvalue weighted by Crippen LogP contribution is 2.32. The summed E-state index contributed by atoms with van der Waals surface area (Å²) in [5.41, 5.74) is -0.683. The average Bonchev–Trinajstić information content (AvgIpc) is 2.68. The van der Waals surface area contributed by atoms with Gasteiger partial charge >= 0.3 is 5.69 Å². The molecule has 0 radical (unpaired) electrons. The Kier molecular flexibility index (Phi) is 5.35. The Morgan fingerprint density at radius 1 is 1.14 bits per heavy atom. The van der Waals surface area contributed by atoms with Gasteiger partial charge in [-0.25, -0.2) is 9.36 Å². The first-order valence-corrected chi connectivity index (χ1v) is 8.20. The number of benzene rings is 1. The van der Waals surface area contributed by atoms with Crippen molar-refractivity contribution in [1.29, 1.82) is 0 Å². The van der Waals surface area contributed by atoms with Crippen LogP contribution in [0, 0.1) is 12.9 Å². The average molecular weight is 385 g/mol. The van der Waals surface area contributed by atoms with Gasteiger partial charge in [-0.05, 0) is 18.6 Å². The molecule has 1 aromatic carbocycles. The lowest BCUT2D eigenvalue weighted by molar-refractivity contribution is -0.109. The number of carbonyl (C=O) groups is 1. The molecule has 2 heterocycles. The molecule has 28 heavy (non-hydrogen) atoms. The summed E-state index contributed by atoms with van der Waals surface area (Å²) in [5, 5.41) is 0. The number of aryl methyl sites for hydroxylation is 1. The predicted octanol–water partition coefficient (Wildman–Crippen LogP) is 1.75. The van der Waals surface area contributed by atoms with Crippen molar-refractivity contribution in [3.8, 4) is 22.9 Å². The Balaban J connectivity index is 2.06. The summed E-state index contributed by atoms with van der Waals surface area (Å²) in [5.74, 6) is -0.0211. The lowest BCUT2D eigenvalue weighted by Gasteiger charge is -2.14. The lowest BCUT2D eigenvalue weighted by Crippen LogP contribution is -2.38. The van der Waals surface area contributed by atoms with E-state index in [1.807, 2.05) is 0 Å². The maximum absolute atomic E-state index is 13.6. The van der Waals surface area contributed by atoms with Crippen molar-refractivity contribution in [3.63, 3.8) is 0 Å². The monoisotopic (exact) mass is 385 g/mol. The Morgan fingerprint density at radius 3 is 2.68 bits per heavy atom. The predicted molar refractivity (Wildman–Crippen MR) is 97.8 cm³/mol. The molecule has 0 unspecified atom stereocenters. The summed E-state index contributed by atoms with van der Waals surface area (Å²) >= 11 is 0. The van der Waals surface area contributed by atoms with Gasteiger partial charge in [0, 0.05) is 25.4 Å². The van der Waals surface area contributed by atoms with Gasteiger partial charge in [-0.3, -0.25) is 19.1 Å². The molecule has 0 N–H and O–H groups in total. The summed E-state index contributed by atoms with van der Waals surface area (Å²) in [6.07, 6.45) is 3.49. The molecule has 0 saturated carbocycles. The first kappa shape index (κ1) is 19.0. The Bertz CT molecular complexity index is 1150. The third-order valence-corrected chi connectivity index (χ3v) is 3.96. The zero-order valence-electron chi connectivity index (χ0n) is 15.1. The number of pyridine rings is 1. The summed E-state index contributed by atoms with van der Waals surface area (Å²) < 4.78 is 26.3. The quantitative estimate of drug-likeness (QED) is 0.474. The van der Waals surface area contributed by atoms with Crippen LogP contribution >= 0.6 is 0 Å². The lowest BCUT2D eigenvalue weighted by atomic mass is 10.2. The first-order chi connectivity index (χ1) is 13.4. The van der Waals surface area contributed by atoms with Crippen molar-refractivity contribution in [2.24, 2.45) is 7.05 Å². The summed E-state index contributed by atoms with van der Waals surface area (Å²) in [4.78, 5) is 38.9. The van der Waals surface area contributed by atoms with Crippen LogP contribution in [0.25, 0.3) is 5.69 Å². The van der Waals surface area contributed by atoms with Gasteiger partial charge in [-0.15, -0.1) is 0 Å². The van der Waals surface area contributed by atoms with Crippen molar-refractivity contribution in [3.05, 3.63) is 75.1 Å². The van der Waals surface area contributed by atoms with Crippen molar-refractivity contribution >= 4 is 6.29 Å². The second-order valence-electron chi connectivity index (χ2n) is 5.83. The van der Waals surface area contributed by atoms with Crippen LogP contribution in [0.3, 0.4) is 0 Å². The molecule has 0 amide bonds. The van der Waals surface area contributed by atoms with Gasteiger partial charge in [0.05, 0.1) is 18.0 Å². The van der Waals surface area contributed by atoms with Crippen LogP contribution in [0.5, 0.6) is 17.2 Å². The van der Waals surface area contributed by atoms with Crippen LogP contribution in [0.4, 0.5) is 4.39 Å². The summed E-state index contributed by atoms with van der Waals surface area (Å²) in [6.45, 7) is 1.61. The van der Waals surface area contributed by atoms with Gasteiger partial charge in [0.2, 0.25) is 5.95 Å². The molecule has 0 bridgehead atoms. The molecular formula is C19H16FN3O5. The van der Waals surface area contributed by atoms with E-state index in [2.05, 4.69) is 4.98 Å². The third kappa shape index (κ3) is 3.68. The van der Waals surface area contributed by atoms with E-state index < -0.39 is 17.2 Å². The second-order valence-corrected chi connectivity index (χ2v) is 5.83. The van der Waals surface area contributed by atoms with E-state index in [1.54, 1.807) is 25.1 Å². The maximum atomic E-state index is 13.6. The number of aromatic nitrogens is 3. The van der Waals surface area contributed by atoms with Gasteiger partial charge in [-0.1, -0.05) is 6.07 Å². The van der Waals surface area contributed by atoms with Crippen LogP contribution < -0.4 is 20.7 Å². The van der Waals surface area contributed by atoms with E-state index in [9.17, 15) is 18.8 Å². The zero-order valence-corrected chi connectivity index (χ0v) is 15.1. The van der Waals surface area contributed by atoms with Crippen molar-refractivity contribution in [2.75, 3.05) is 6.61 Å². The van der Waals surface area contributed by atoms with E-state index in [0.717, 1.165) is 15.2 Å². The SMILES string of the molecule is Cc1ccc(-n2c(=O)cc(F)n(C)c2=O)cc1Oc1ccncc1OCC=O. The highest BCUT2D eigenvalue weighted by atomic mass is 19.1. The standard InChI is InChI=1S/C19H16FN3O5/c1-12-3-4-13(23-18(25)10-17(20)22(2)19(23)26)9-15(12)28-14-5-6-21-11-16(14)27-8-7-24/h3-7,9-11H,8H2,1-2H3. The number of carbonyl (C=O) groups excluding carboxylic acids is 1. The first-order valence-electron chi connectivity index (χ1n) is 8.20. The molecule has 0 atom stereocenters. The minimum atomic E-state index is -0.927. The number of halogens is 1. The molecule has 3 rings (SSSR count). The summed E-state index contributed by atoms with van der Waals surface area (Å²) in [6, 6.07) is 6.98. The number of hydrogen-bond acceptors (Lipinski definition) is 6. The molecule has 0 spiro atoms. The van der Waals surface area contributed by atoms with Crippen molar-refractivity contribution in [2.45, 2.75) is 6.92 Å². The highest BCUT2D eigenvalue weighted by Gasteiger charge is 2.14. The fourth-order valence-electron chi connectivity index (χ4n) is 2.48. The Morgan fingerprint density at radius 2 is 1.93 bits per heavy atom. The second kappa shape index (κ2) is 7.87. The van der Waals surface area contributed by atoms with Gasteiger partial charge in [0.1, 0.15) is 12.4 Å². The van der Waals surface area contributed by atoms with Gasteiger partial charge in [0.15, 0.2) is 17.8 Å². The van der Waals surface area contributed by atoms with E-state index in [0.29, 0.717) is 23.3 Å². The number of ether oxygens (including phenoxy) is 2. The molecule has 8 nitrogen and oxygen atoms in total. The fraction of sp³-hybridized carbons (Fsp3) is 0.158. The number of rotatable bonds is 6. The topological polar surface area (TPSA) is 92.4 Å². The van der Waals surface area contributed by atoms with Crippen LogP contribution in [-0.2, 0) is 11.8 Å². The van der Waals surface area contributed by atoms with Gasteiger partial charge in [-0.2, -0.15) is 4.39 Å². The molecule has 0 aliphatic rings. The van der Waals surface area contributed by atoms with Crippen LogP contribution in [0.1, 0.15) is 5.56 Å². The molecule has 0 aliphatic heterocycles. The van der Waals surface area contributed by atoms with Gasteiger partial charge < -0.3 is 9.47 Å². The maximum Gasteiger partial charge on any atom is 0.337 e. The third-order valence-electron chi connectivity index (χ3n) is 3.96. The zero-order chi connectivity index (χ0) is 20.3. The number of hydrogen-bond donors (Lipinski definition) is 0. The van der Waals surface area contributed by atoms with E-state index in [4.69, 9.17) is 9.47 Å². The minimum absolute atomic E-state index is 0.165. The summed E-state index contributed by atoms with van der Waals surface area (Å²) in [7, 11) is 1.23. The van der Waals surface area contributed by atoms with Gasteiger partial charge in [0.25, 0.3) is 5.56 Å². The molecule has 144 valence electrons. The van der Waals surface area contributed by atoms with E-state index >= 15 is 0 Å². The van der Waals surface area contributed by atoms with Crippen molar-refractivity contribution in [1.82, 2.24) is 14.1 Å². The minimum Gasteiger partial charge on any atom is -0.481 e. The van der Waals surface area contributed by atoms with E-state index in [1.165, 1.54) is 25.5 Å². The molecule has 0 fully saturated rings. The number of aldehydes is 1. The molecule has 3 aromatic rings. The highest BCUT2D eigenvalue weighted by molar-refractivity contribution is 5.53. The van der Waals surface area contributed by atoms with Crippen LogP contribution in [-0.4, -0.2) is 27.0 Å². The molecule has 0 aliphatic carbocycles. The number of nitrogens with zero attached hydrogens (tertiary/aromatic N) is 3. The van der Waals surface area contributed by atoms with E-state index in [-0.39, 0.29) is 18.0 Å². The normalized spacial score (nSPS) is 10.5. The largest absolute Gasteiger partial charge is 0.481 e. The Labute approximate surface area is 158 Å². The van der Waals surface area contributed by atoms with Crippen molar-refractivity contribution < 1.29 is 18.7 Å². The molecule has 0 saturated heterocycles. The Hall–Kier alpha value is -3.75. The fourth-order valence-corrected chi connectivity index (χ4v) is 2.48. The van der Waals surface area contributed by atoms with Crippen LogP contribution in [0.2, 0.25) is 0 Å². The van der Waals surface area contributed by atoms with Crippen LogP contribution in [0.15, 0.2) is 52.3 Å². The smallest absolute Gasteiger partial charge is 0.337 e.